The van der Waals surface area contributed by atoms with Gasteiger partial charge in [-0.15, -0.1) is 0 Å². The van der Waals surface area contributed by atoms with Gasteiger partial charge in [0.25, 0.3) is 0 Å². The monoisotopic (exact) mass is 269 g/mol. The Bertz CT molecular complexity index is 154. The summed E-state index contributed by atoms with van der Waals surface area (Å²) in [6.07, 6.45) is 18.8. The van der Waals surface area contributed by atoms with Gasteiger partial charge in [0, 0.05) is 0 Å². The van der Waals surface area contributed by atoms with Crippen LogP contribution in [-0.2, 0) is 0 Å². The Morgan fingerprint density at radius 1 is 0.579 bits per heavy atom. The van der Waals surface area contributed by atoms with Crippen LogP contribution in [0.4, 0.5) is 0 Å². The SMILES string of the molecule is CNCCCCCCCCCCCCCCC(C)C. The van der Waals surface area contributed by atoms with E-state index in [0.29, 0.717) is 0 Å². The van der Waals surface area contributed by atoms with Gasteiger partial charge in [-0.2, -0.15) is 0 Å². The molecule has 0 atom stereocenters. The van der Waals surface area contributed by atoms with E-state index in [-0.39, 0.29) is 0 Å². The van der Waals surface area contributed by atoms with Crippen LogP contribution in [0.1, 0.15) is 97.3 Å². The van der Waals surface area contributed by atoms with Crippen LogP contribution in [0.15, 0.2) is 0 Å². The van der Waals surface area contributed by atoms with Crippen LogP contribution in [0.3, 0.4) is 0 Å². The van der Waals surface area contributed by atoms with Gasteiger partial charge in [0.1, 0.15) is 0 Å². The Morgan fingerprint density at radius 3 is 1.32 bits per heavy atom. The first-order chi connectivity index (χ1) is 9.27. The molecule has 0 saturated carbocycles. The zero-order chi connectivity index (χ0) is 14.2. The Balaban J connectivity index is 2.91. The minimum absolute atomic E-state index is 0.896. The molecule has 0 saturated heterocycles. The summed E-state index contributed by atoms with van der Waals surface area (Å²) in [5.41, 5.74) is 0. The van der Waals surface area contributed by atoms with E-state index in [1.54, 1.807) is 0 Å². The molecule has 0 aromatic heterocycles. The number of nitrogens with one attached hydrogen (secondary N) is 1. The molecular weight excluding hydrogens is 230 g/mol. The molecule has 0 rings (SSSR count). The highest BCUT2D eigenvalue weighted by Crippen LogP contribution is 2.13. The van der Waals surface area contributed by atoms with Crippen molar-refractivity contribution < 1.29 is 0 Å². The van der Waals surface area contributed by atoms with E-state index >= 15 is 0 Å². The molecule has 0 unspecified atom stereocenters. The fourth-order valence-electron chi connectivity index (χ4n) is 2.62. The Kier molecular flexibility index (Phi) is 16.0. The van der Waals surface area contributed by atoms with Crippen molar-refractivity contribution in [3.05, 3.63) is 0 Å². The fraction of sp³-hybridized carbons (Fsp3) is 1.00. The van der Waals surface area contributed by atoms with Crippen LogP contribution in [0.5, 0.6) is 0 Å². The standard InChI is InChI=1S/C18H39N/c1-18(2)16-14-12-10-8-6-4-5-7-9-11-13-15-17-19-3/h18-19H,4-17H2,1-3H3. The Morgan fingerprint density at radius 2 is 0.947 bits per heavy atom. The van der Waals surface area contributed by atoms with Crippen LogP contribution in [0.2, 0.25) is 0 Å². The molecule has 116 valence electrons. The average Bonchev–Trinajstić information content (AvgIpc) is 2.39. The van der Waals surface area contributed by atoms with Gasteiger partial charge in [-0.3, -0.25) is 0 Å². The van der Waals surface area contributed by atoms with Gasteiger partial charge in [0.05, 0.1) is 0 Å². The van der Waals surface area contributed by atoms with E-state index in [1.165, 1.54) is 90.0 Å². The summed E-state index contributed by atoms with van der Waals surface area (Å²) in [5.74, 6) is 0.896. The minimum Gasteiger partial charge on any atom is -0.320 e. The third kappa shape index (κ3) is 18.0. The second-order valence-corrected chi connectivity index (χ2v) is 6.53. The Labute approximate surface area is 122 Å². The minimum atomic E-state index is 0.896. The third-order valence-corrected chi connectivity index (χ3v) is 3.96. The number of hydrogen-bond donors (Lipinski definition) is 1. The van der Waals surface area contributed by atoms with Crippen molar-refractivity contribution in [2.24, 2.45) is 5.92 Å². The third-order valence-electron chi connectivity index (χ3n) is 3.96. The molecule has 19 heavy (non-hydrogen) atoms. The molecule has 1 N–H and O–H groups in total. The van der Waals surface area contributed by atoms with E-state index in [9.17, 15) is 0 Å². The summed E-state index contributed by atoms with van der Waals surface area (Å²) in [6.45, 7) is 5.86. The molecule has 1 nitrogen and oxygen atoms in total. The number of rotatable bonds is 15. The van der Waals surface area contributed by atoms with Crippen LogP contribution in [0, 0.1) is 5.92 Å². The van der Waals surface area contributed by atoms with Gasteiger partial charge in [-0.25, -0.2) is 0 Å². The highest BCUT2D eigenvalue weighted by molar-refractivity contribution is 4.51. The summed E-state index contributed by atoms with van der Waals surface area (Å²) in [7, 11) is 2.04. The van der Waals surface area contributed by atoms with Crippen molar-refractivity contribution in [1.29, 1.82) is 0 Å². The van der Waals surface area contributed by atoms with Gasteiger partial charge in [-0.1, -0.05) is 90.9 Å². The summed E-state index contributed by atoms with van der Waals surface area (Å²) >= 11 is 0. The van der Waals surface area contributed by atoms with Gasteiger partial charge < -0.3 is 5.32 Å². The van der Waals surface area contributed by atoms with Gasteiger partial charge in [0.15, 0.2) is 0 Å². The van der Waals surface area contributed by atoms with E-state index in [0.717, 1.165) is 5.92 Å². The van der Waals surface area contributed by atoms with Crippen LogP contribution >= 0.6 is 0 Å². The molecule has 0 aliphatic carbocycles. The highest BCUT2D eigenvalue weighted by Gasteiger charge is 1.95. The first-order valence-corrected chi connectivity index (χ1v) is 8.92. The van der Waals surface area contributed by atoms with Crippen LogP contribution < -0.4 is 5.32 Å². The van der Waals surface area contributed by atoms with Crippen molar-refractivity contribution >= 4 is 0 Å². The lowest BCUT2D eigenvalue weighted by molar-refractivity contribution is 0.503. The molecular formula is C18H39N. The largest absolute Gasteiger partial charge is 0.320 e. The molecule has 1 heteroatoms. The van der Waals surface area contributed by atoms with Crippen molar-refractivity contribution in [3.8, 4) is 0 Å². The van der Waals surface area contributed by atoms with Crippen molar-refractivity contribution in [2.45, 2.75) is 97.3 Å². The first kappa shape index (κ1) is 19.0. The number of unbranched alkanes of at least 4 members (excludes halogenated alkanes) is 11. The molecule has 0 radical (unpaired) electrons. The van der Waals surface area contributed by atoms with E-state index in [1.807, 2.05) is 7.05 Å². The van der Waals surface area contributed by atoms with Gasteiger partial charge in [-0.05, 0) is 25.9 Å². The molecule has 0 heterocycles. The molecule has 0 bridgehead atoms. The Hall–Kier alpha value is -0.0400. The van der Waals surface area contributed by atoms with Crippen LogP contribution in [0.25, 0.3) is 0 Å². The smallest absolute Gasteiger partial charge is 0.00519 e. The predicted molar refractivity (Wildman–Crippen MR) is 88.8 cm³/mol. The molecule has 0 amide bonds. The normalized spacial score (nSPS) is 11.4. The second-order valence-electron chi connectivity index (χ2n) is 6.53. The second kappa shape index (κ2) is 16.0. The maximum Gasteiger partial charge on any atom is -0.00519 e. The molecule has 0 aromatic carbocycles. The topological polar surface area (TPSA) is 12.0 Å². The maximum atomic E-state index is 3.21. The zero-order valence-electron chi connectivity index (χ0n) is 14.0. The van der Waals surface area contributed by atoms with Crippen LogP contribution in [-0.4, -0.2) is 13.6 Å². The van der Waals surface area contributed by atoms with E-state index in [2.05, 4.69) is 19.2 Å². The van der Waals surface area contributed by atoms with E-state index in [4.69, 9.17) is 0 Å². The van der Waals surface area contributed by atoms with Gasteiger partial charge in [0.2, 0.25) is 0 Å². The summed E-state index contributed by atoms with van der Waals surface area (Å²) in [6, 6.07) is 0. The van der Waals surface area contributed by atoms with Crippen molar-refractivity contribution in [2.75, 3.05) is 13.6 Å². The van der Waals surface area contributed by atoms with Gasteiger partial charge >= 0.3 is 0 Å². The molecule has 0 aliphatic heterocycles. The van der Waals surface area contributed by atoms with Crippen molar-refractivity contribution in [3.63, 3.8) is 0 Å². The van der Waals surface area contributed by atoms with E-state index < -0.39 is 0 Å². The zero-order valence-corrected chi connectivity index (χ0v) is 14.0. The maximum absolute atomic E-state index is 3.21. The van der Waals surface area contributed by atoms with Crippen molar-refractivity contribution in [1.82, 2.24) is 5.32 Å². The summed E-state index contributed by atoms with van der Waals surface area (Å²) < 4.78 is 0. The fourth-order valence-corrected chi connectivity index (χ4v) is 2.62. The number of hydrogen-bond acceptors (Lipinski definition) is 1. The molecule has 0 aromatic rings. The quantitative estimate of drug-likeness (QED) is 0.363. The molecule has 0 spiro atoms. The summed E-state index contributed by atoms with van der Waals surface area (Å²) in [5, 5.41) is 3.21. The average molecular weight is 270 g/mol. The molecule has 0 aliphatic rings. The summed E-state index contributed by atoms with van der Waals surface area (Å²) in [4.78, 5) is 0. The lowest BCUT2D eigenvalue weighted by Crippen LogP contribution is -2.06. The predicted octanol–water partition coefficient (Wildman–Crippen LogP) is 5.93. The highest BCUT2D eigenvalue weighted by atomic mass is 14.8. The lowest BCUT2D eigenvalue weighted by atomic mass is 10.0. The lowest BCUT2D eigenvalue weighted by Gasteiger charge is -2.04. The first-order valence-electron chi connectivity index (χ1n) is 8.92. The molecule has 0 fully saturated rings.